The average Bonchev–Trinajstić information content (AvgIpc) is 2.47. The number of aliphatic hydroxyl groups excluding tert-OH is 2. The van der Waals surface area contributed by atoms with Crippen LogP contribution in [-0.4, -0.2) is 63.8 Å². The molecule has 0 aliphatic rings. The largest absolute Gasteiger partial charge is 0.395 e. The van der Waals surface area contributed by atoms with E-state index >= 15 is 0 Å². The molecule has 1 aromatic heterocycles. The number of aliphatic hydroxyl groups is 2. The van der Waals surface area contributed by atoms with Gasteiger partial charge in [0.1, 0.15) is 12.0 Å². The highest BCUT2D eigenvalue weighted by Crippen LogP contribution is 2.20. The molecule has 0 spiro atoms. The fourth-order valence-corrected chi connectivity index (χ4v) is 1.75. The molecule has 0 saturated heterocycles. The Balaban J connectivity index is 3.18. The molecule has 0 aliphatic heterocycles. The third-order valence-electron chi connectivity index (χ3n) is 2.69. The Morgan fingerprint density at radius 2 is 2.05 bits per heavy atom. The second-order valence-corrected chi connectivity index (χ2v) is 4.12. The lowest BCUT2D eigenvalue weighted by atomic mass is 10.2. The molecule has 0 fully saturated rings. The van der Waals surface area contributed by atoms with E-state index in [0.717, 1.165) is 12.3 Å². The predicted molar refractivity (Wildman–Crippen MR) is 75.1 cm³/mol. The van der Waals surface area contributed by atoms with Crippen molar-refractivity contribution in [3.8, 4) is 0 Å². The van der Waals surface area contributed by atoms with Gasteiger partial charge in [0, 0.05) is 25.7 Å². The van der Waals surface area contributed by atoms with E-state index in [2.05, 4.69) is 10.3 Å². The van der Waals surface area contributed by atoms with Gasteiger partial charge in [-0.1, -0.05) is 0 Å². The molecule has 0 atom stereocenters. The van der Waals surface area contributed by atoms with Gasteiger partial charge >= 0.3 is 0 Å². The molecular formula is C12H18N4O5. The first-order chi connectivity index (χ1) is 10.0. The Morgan fingerprint density at radius 1 is 1.43 bits per heavy atom. The third-order valence-corrected chi connectivity index (χ3v) is 2.69. The molecule has 0 saturated carbocycles. The third kappa shape index (κ3) is 4.36. The summed E-state index contributed by atoms with van der Waals surface area (Å²) in [5.74, 6) is -0.306. The molecule has 9 nitrogen and oxygen atoms in total. The number of hydrogen-bond acceptors (Lipinski definition) is 7. The van der Waals surface area contributed by atoms with E-state index in [4.69, 9.17) is 10.2 Å². The van der Waals surface area contributed by atoms with Crippen LogP contribution in [0.25, 0.3) is 0 Å². The number of nitrogens with zero attached hydrogens (tertiary/aromatic N) is 3. The van der Waals surface area contributed by atoms with Crippen LogP contribution >= 0.6 is 0 Å². The van der Waals surface area contributed by atoms with Crippen LogP contribution in [-0.2, 0) is 0 Å². The standard InChI is InChI=1S/C12H18N4O5/c1-2-13-11-10(7-9(8-14-11)16(20)21)12(19)15(3-5-17)4-6-18/h7-8,17-18H,2-6H2,1H3,(H,13,14). The van der Waals surface area contributed by atoms with Crippen molar-refractivity contribution in [2.45, 2.75) is 6.92 Å². The van der Waals surface area contributed by atoms with Crippen molar-refractivity contribution in [1.29, 1.82) is 0 Å². The number of carbonyl (C=O) groups excluding carboxylic acids is 1. The first-order valence-corrected chi connectivity index (χ1v) is 6.44. The topological polar surface area (TPSA) is 129 Å². The molecule has 1 heterocycles. The molecule has 0 radical (unpaired) electrons. The molecule has 3 N–H and O–H groups in total. The number of rotatable bonds is 8. The average molecular weight is 298 g/mol. The minimum atomic E-state index is -0.637. The number of pyridine rings is 1. The van der Waals surface area contributed by atoms with Crippen LogP contribution in [0.5, 0.6) is 0 Å². The first kappa shape index (κ1) is 16.8. The quantitative estimate of drug-likeness (QED) is 0.449. The number of nitrogens with one attached hydrogen (secondary N) is 1. The van der Waals surface area contributed by atoms with E-state index in [9.17, 15) is 14.9 Å². The molecule has 1 aromatic rings. The molecule has 1 amide bonds. The van der Waals surface area contributed by atoms with Crippen molar-refractivity contribution in [1.82, 2.24) is 9.88 Å². The summed E-state index contributed by atoms with van der Waals surface area (Å²) in [5.41, 5.74) is -0.263. The van der Waals surface area contributed by atoms with E-state index in [1.807, 2.05) is 0 Å². The molecule has 0 unspecified atom stereocenters. The Bertz CT molecular complexity index is 502. The van der Waals surface area contributed by atoms with Crippen LogP contribution < -0.4 is 5.32 Å². The van der Waals surface area contributed by atoms with E-state index in [0.29, 0.717) is 6.54 Å². The molecule has 21 heavy (non-hydrogen) atoms. The summed E-state index contributed by atoms with van der Waals surface area (Å²) >= 11 is 0. The van der Waals surface area contributed by atoms with Crippen LogP contribution in [0.3, 0.4) is 0 Å². The van der Waals surface area contributed by atoms with Gasteiger partial charge in [-0.15, -0.1) is 0 Å². The minimum Gasteiger partial charge on any atom is -0.395 e. The summed E-state index contributed by atoms with van der Waals surface area (Å²) in [4.78, 5) is 27.7. The van der Waals surface area contributed by atoms with E-state index in [1.165, 1.54) is 4.90 Å². The maximum Gasteiger partial charge on any atom is 0.288 e. The van der Waals surface area contributed by atoms with Gasteiger partial charge in [-0.3, -0.25) is 14.9 Å². The smallest absolute Gasteiger partial charge is 0.288 e. The number of amides is 1. The van der Waals surface area contributed by atoms with Gasteiger partial charge < -0.3 is 20.4 Å². The fraction of sp³-hybridized carbons (Fsp3) is 0.500. The molecule has 9 heteroatoms. The second-order valence-electron chi connectivity index (χ2n) is 4.12. The molecule has 0 bridgehead atoms. The van der Waals surface area contributed by atoms with Gasteiger partial charge in [0.25, 0.3) is 11.6 Å². The summed E-state index contributed by atoms with van der Waals surface area (Å²) in [7, 11) is 0. The highest BCUT2D eigenvalue weighted by atomic mass is 16.6. The Kier molecular flexibility index (Phi) is 6.50. The van der Waals surface area contributed by atoms with E-state index in [-0.39, 0.29) is 43.4 Å². The normalized spacial score (nSPS) is 10.2. The Morgan fingerprint density at radius 3 is 2.52 bits per heavy atom. The van der Waals surface area contributed by atoms with Gasteiger partial charge in [0.05, 0.1) is 23.7 Å². The van der Waals surface area contributed by atoms with Crippen molar-refractivity contribution < 1.29 is 19.9 Å². The Hall–Kier alpha value is -2.26. The van der Waals surface area contributed by atoms with Gasteiger partial charge in [-0.05, 0) is 6.92 Å². The summed E-state index contributed by atoms with van der Waals surface area (Å²) in [5, 5.41) is 31.6. The van der Waals surface area contributed by atoms with Gasteiger partial charge in [-0.25, -0.2) is 4.98 Å². The van der Waals surface area contributed by atoms with Crippen LogP contribution in [0.15, 0.2) is 12.3 Å². The van der Waals surface area contributed by atoms with Gasteiger partial charge in [0.15, 0.2) is 0 Å². The highest BCUT2D eigenvalue weighted by Gasteiger charge is 2.22. The first-order valence-electron chi connectivity index (χ1n) is 6.44. The summed E-state index contributed by atoms with van der Waals surface area (Å²) in [6.45, 7) is 1.79. The summed E-state index contributed by atoms with van der Waals surface area (Å²) in [6, 6.07) is 1.13. The molecule has 0 aliphatic carbocycles. The van der Waals surface area contributed by atoms with Crippen LogP contribution in [0.1, 0.15) is 17.3 Å². The fourth-order valence-electron chi connectivity index (χ4n) is 1.75. The number of nitro groups is 1. The lowest BCUT2D eigenvalue weighted by Crippen LogP contribution is -2.36. The predicted octanol–water partition coefficient (Wildman–Crippen LogP) is -0.152. The molecular weight excluding hydrogens is 280 g/mol. The monoisotopic (exact) mass is 298 g/mol. The second kappa shape index (κ2) is 8.12. The zero-order valence-corrected chi connectivity index (χ0v) is 11.7. The zero-order valence-electron chi connectivity index (χ0n) is 11.7. The summed E-state index contributed by atoms with van der Waals surface area (Å²) in [6.07, 6.45) is 1.07. The zero-order chi connectivity index (χ0) is 15.8. The van der Waals surface area contributed by atoms with Gasteiger partial charge in [-0.2, -0.15) is 0 Å². The maximum absolute atomic E-state index is 12.4. The minimum absolute atomic E-state index is 0.0215. The van der Waals surface area contributed by atoms with E-state index < -0.39 is 10.8 Å². The molecule has 116 valence electrons. The maximum atomic E-state index is 12.4. The Labute approximate surface area is 121 Å². The van der Waals surface area contributed by atoms with E-state index in [1.54, 1.807) is 6.92 Å². The highest BCUT2D eigenvalue weighted by molar-refractivity contribution is 5.99. The van der Waals surface area contributed by atoms with Crippen molar-refractivity contribution in [3.05, 3.63) is 27.9 Å². The van der Waals surface area contributed by atoms with Crippen LogP contribution in [0, 0.1) is 10.1 Å². The molecule has 0 aromatic carbocycles. The van der Waals surface area contributed by atoms with Crippen molar-refractivity contribution >= 4 is 17.4 Å². The summed E-state index contributed by atoms with van der Waals surface area (Å²) < 4.78 is 0. The number of hydrogen-bond donors (Lipinski definition) is 3. The van der Waals surface area contributed by atoms with Crippen LogP contribution in [0.2, 0.25) is 0 Å². The van der Waals surface area contributed by atoms with Crippen molar-refractivity contribution in [3.63, 3.8) is 0 Å². The lowest BCUT2D eigenvalue weighted by Gasteiger charge is -2.21. The van der Waals surface area contributed by atoms with Crippen molar-refractivity contribution in [2.75, 3.05) is 38.2 Å². The SMILES string of the molecule is CCNc1ncc([N+](=O)[O-])cc1C(=O)N(CCO)CCO. The lowest BCUT2D eigenvalue weighted by molar-refractivity contribution is -0.385. The number of anilines is 1. The number of aromatic nitrogens is 1. The van der Waals surface area contributed by atoms with Crippen LogP contribution in [0.4, 0.5) is 11.5 Å². The van der Waals surface area contributed by atoms with Crippen molar-refractivity contribution in [2.24, 2.45) is 0 Å². The van der Waals surface area contributed by atoms with Gasteiger partial charge in [0.2, 0.25) is 0 Å². The number of carbonyl (C=O) groups is 1. The molecule has 1 rings (SSSR count).